The molecule has 1 heterocycles. The smallest absolute Gasteiger partial charge is 0.332 e. The van der Waals surface area contributed by atoms with Crippen LogP contribution in [-0.4, -0.2) is 26.8 Å². The zero-order valence-electron chi connectivity index (χ0n) is 15.4. The Balaban J connectivity index is 1.92. The number of rotatable bonds is 7. The van der Waals surface area contributed by atoms with Crippen molar-refractivity contribution in [1.29, 1.82) is 0 Å². The van der Waals surface area contributed by atoms with Crippen molar-refractivity contribution in [3.05, 3.63) is 75.5 Å². The van der Waals surface area contributed by atoms with Gasteiger partial charge in [0.1, 0.15) is 5.69 Å². The van der Waals surface area contributed by atoms with Gasteiger partial charge in [-0.3, -0.25) is 10.1 Å². The van der Waals surface area contributed by atoms with Crippen molar-refractivity contribution in [2.75, 3.05) is 10.6 Å². The van der Waals surface area contributed by atoms with Crippen LogP contribution in [-0.2, 0) is 0 Å². The van der Waals surface area contributed by atoms with E-state index in [1.807, 2.05) is 0 Å². The van der Waals surface area contributed by atoms with Gasteiger partial charge >= 0.3 is 5.69 Å². The van der Waals surface area contributed by atoms with Crippen molar-refractivity contribution in [2.45, 2.75) is 6.92 Å². The molecule has 0 fully saturated rings. The molecule has 0 saturated carbocycles. The van der Waals surface area contributed by atoms with Gasteiger partial charge in [-0.15, -0.1) is 0 Å². The number of nitrogens with one attached hydrogen (secondary N) is 2. The molecule has 152 valence electrons. The number of aromatic carboxylic acids is 2. The largest absolute Gasteiger partial charge is 0.545 e. The predicted octanol–water partition coefficient (Wildman–Crippen LogP) is 0.907. The first-order valence-electron chi connectivity index (χ1n) is 8.44. The number of carbonyl (C=O) groups is 2. The van der Waals surface area contributed by atoms with Crippen molar-refractivity contribution in [1.82, 2.24) is 9.97 Å². The lowest BCUT2D eigenvalue weighted by atomic mass is 10.2. The Bertz CT molecular complexity index is 1130. The number of aryl methyl sites for hydroxylation is 1. The third-order valence-electron chi connectivity index (χ3n) is 4.00. The lowest BCUT2D eigenvalue weighted by Crippen LogP contribution is -2.21. The summed E-state index contributed by atoms with van der Waals surface area (Å²) in [4.78, 5) is 40.7. The fraction of sp³-hybridized carbons (Fsp3) is 0.0526. The van der Waals surface area contributed by atoms with Gasteiger partial charge in [-0.2, -0.15) is 4.98 Å². The van der Waals surface area contributed by atoms with Gasteiger partial charge in [-0.25, -0.2) is 4.98 Å². The highest BCUT2D eigenvalue weighted by molar-refractivity contribution is 5.87. The second-order valence-corrected chi connectivity index (χ2v) is 6.07. The topological polar surface area (TPSA) is 173 Å². The van der Waals surface area contributed by atoms with E-state index in [2.05, 4.69) is 20.6 Å². The summed E-state index contributed by atoms with van der Waals surface area (Å²) < 4.78 is 0. The lowest BCUT2D eigenvalue weighted by molar-refractivity contribution is -0.385. The summed E-state index contributed by atoms with van der Waals surface area (Å²) in [6.07, 6.45) is 0. The second-order valence-electron chi connectivity index (χ2n) is 6.07. The van der Waals surface area contributed by atoms with Gasteiger partial charge in [-0.05, 0) is 42.3 Å². The summed E-state index contributed by atoms with van der Waals surface area (Å²) in [5.74, 6) is -2.74. The highest BCUT2D eigenvalue weighted by Gasteiger charge is 2.22. The van der Waals surface area contributed by atoms with E-state index in [4.69, 9.17) is 0 Å². The molecule has 0 atom stereocenters. The number of carbonyl (C=O) groups excluding carboxylic acids is 2. The summed E-state index contributed by atoms with van der Waals surface area (Å²) in [6.45, 7) is 1.44. The summed E-state index contributed by atoms with van der Waals surface area (Å²) >= 11 is 0. The van der Waals surface area contributed by atoms with E-state index in [-0.39, 0.29) is 34.3 Å². The molecule has 0 amide bonds. The van der Waals surface area contributed by atoms with Crippen LogP contribution in [0.15, 0.2) is 48.5 Å². The quantitative estimate of drug-likeness (QED) is 0.423. The van der Waals surface area contributed by atoms with Crippen LogP contribution in [0.3, 0.4) is 0 Å². The van der Waals surface area contributed by atoms with Crippen molar-refractivity contribution < 1.29 is 24.7 Å². The first-order chi connectivity index (χ1) is 14.2. The van der Waals surface area contributed by atoms with Crippen LogP contribution in [0.4, 0.5) is 28.8 Å². The van der Waals surface area contributed by atoms with Crippen molar-refractivity contribution >= 4 is 40.8 Å². The van der Waals surface area contributed by atoms with Crippen LogP contribution in [0.2, 0.25) is 0 Å². The summed E-state index contributed by atoms with van der Waals surface area (Å²) in [5, 5.41) is 38.8. The zero-order valence-corrected chi connectivity index (χ0v) is 15.4. The van der Waals surface area contributed by atoms with Crippen molar-refractivity contribution in [3.63, 3.8) is 0 Å². The standard InChI is InChI=1S/C19H15N5O6/c1-10-15(24(29)30)16(21-13-6-2-11(3-7-13)17(25)26)23-19(20-10)22-14-8-4-12(5-9-14)18(27)28/h2-9H,1H3,(H,25,26)(H,27,28)(H2,20,21,22,23)/p-2. The zero-order chi connectivity index (χ0) is 21.8. The number of hydrogen-bond donors (Lipinski definition) is 2. The van der Waals surface area contributed by atoms with Gasteiger partial charge in [-0.1, -0.05) is 24.3 Å². The van der Waals surface area contributed by atoms with Gasteiger partial charge in [0.15, 0.2) is 0 Å². The number of nitrogens with zero attached hydrogens (tertiary/aromatic N) is 3. The maximum atomic E-state index is 11.5. The summed E-state index contributed by atoms with van der Waals surface area (Å²) in [6, 6.07) is 11.0. The normalized spacial score (nSPS) is 10.3. The molecule has 0 unspecified atom stereocenters. The van der Waals surface area contributed by atoms with Crippen LogP contribution in [0.5, 0.6) is 0 Å². The first kappa shape index (κ1) is 20.2. The minimum atomic E-state index is -1.35. The summed E-state index contributed by atoms with van der Waals surface area (Å²) in [7, 11) is 0. The Morgan fingerprint density at radius 3 is 1.73 bits per heavy atom. The van der Waals surface area contributed by atoms with Gasteiger partial charge in [0.2, 0.25) is 11.8 Å². The number of aromatic nitrogens is 2. The fourth-order valence-corrected chi connectivity index (χ4v) is 2.57. The number of hydrogen-bond acceptors (Lipinski definition) is 10. The molecule has 2 N–H and O–H groups in total. The molecule has 2 aromatic carbocycles. The fourth-order valence-electron chi connectivity index (χ4n) is 2.57. The number of nitro groups is 1. The molecule has 0 bridgehead atoms. The van der Waals surface area contributed by atoms with Gasteiger partial charge in [0.25, 0.3) is 0 Å². The molecular formula is C19H13N5O6-2. The lowest BCUT2D eigenvalue weighted by Gasteiger charge is -2.12. The predicted molar refractivity (Wildman–Crippen MR) is 102 cm³/mol. The second kappa shape index (κ2) is 8.22. The molecule has 30 heavy (non-hydrogen) atoms. The molecule has 1 aromatic heterocycles. The maximum absolute atomic E-state index is 11.5. The third kappa shape index (κ3) is 4.47. The average Bonchev–Trinajstić information content (AvgIpc) is 2.68. The summed E-state index contributed by atoms with van der Waals surface area (Å²) in [5.41, 5.74) is 0.498. The average molecular weight is 407 g/mol. The molecule has 0 spiro atoms. The Kier molecular flexibility index (Phi) is 5.54. The Morgan fingerprint density at radius 1 is 0.833 bits per heavy atom. The van der Waals surface area contributed by atoms with E-state index in [0.717, 1.165) is 0 Å². The molecule has 0 radical (unpaired) electrons. The maximum Gasteiger partial charge on any atom is 0.332 e. The molecule has 0 aliphatic carbocycles. The highest BCUT2D eigenvalue weighted by atomic mass is 16.6. The molecule has 11 heteroatoms. The number of benzene rings is 2. The highest BCUT2D eigenvalue weighted by Crippen LogP contribution is 2.30. The first-order valence-corrected chi connectivity index (χ1v) is 8.44. The Labute approximate surface area is 169 Å². The monoisotopic (exact) mass is 407 g/mol. The van der Waals surface area contributed by atoms with Crippen molar-refractivity contribution in [2.24, 2.45) is 0 Å². The van der Waals surface area contributed by atoms with Crippen LogP contribution in [0, 0.1) is 17.0 Å². The Hall–Kier alpha value is -4.54. The molecule has 0 saturated heterocycles. The van der Waals surface area contributed by atoms with Crippen molar-refractivity contribution in [3.8, 4) is 0 Å². The third-order valence-corrected chi connectivity index (χ3v) is 4.00. The molecule has 11 nitrogen and oxygen atoms in total. The van der Waals surface area contributed by atoms with Crippen LogP contribution < -0.4 is 20.8 Å². The Morgan fingerprint density at radius 2 is 1.30 bits per heavy atom. The van der Waals surface area contributed by atoms with E-state index in [1.54, 1.807) is 0 Å². The van der Waals surface area contributed by atoms with Crippen LogP contribution in [0.1, 0.15) is 26.4 Å². The van der Waals surface area contributed by atoms with E-state index < -0.39 is 16.9 Å². The SMILES string of the molecule is Cc1nc(Nc2ccc(C(=O)[O-])cc2)nc(Nc2ccc(C(=O)[O-])cc2)c1[N+](=O)[O-]. The molecule has 3 aromatic rings. The molecule has 0 aliphatic rings. The van der Waals surface area contributed by atoms with E-state index in [0.29, 0.717) is 11.4 Å². The van der Waals surface area contributed by atoms with Gasteiger partial charge in [0.05, 0.1) is 16.9 Å². The van der Waals surface area contributed by atoms with Gasteiger partial charge < -0.3 is 30.4 Å². The van der Waals surface area contributed by atoms with E-state index in [1.165, 1.54) is 55.5 Å². The number of carboxylic acid groups (broad SMARTS) is 2. The van der Waals surface area contributed by atoms with E-state index >= 15 is 0 Å². The minimum absolute atomic E-state index is 0.0105. The molecule has 3 rings (SSSR count). The van der Waals surface area contributed by atoms with Crippen LogP contribution in [0.25, 0.3) is 0 Å². The number of carboxylic acids is 2. The van der Waals surface area contributed by atoms with Crippen LogP contribution >= 0.6 is 0 Å². The number of anilines is 4. The van der Waals surface area contributed by atoms with E-state index in [9.17, 15) is 29.9 Å². The van der Waals surface area contributed by atoms with Gasteiger partial charge in [0, 0.05) is 11.4 Å². The molecular weight excluding hydrogens is 394 g/mol. The molecule has 0 aliphatic heterocycles. The minimum Gasteiger partial charge on any atom is -0.545 e.